The summed E-state index contributed by atoms with van der Waals surface area (Å²) in [6.07, 6.45) is 1.01. The van der Waals surface area contributed by atoms with Crippen LogP contribution in [-0.2, 0) is 11.3 Å². The third kappa shape index (κ3) is 12.0. The summed E-state index contributed by atoms with van der Waals surface area (Å²) in [4.78, 5) is 16.4. The second-order valence-corrected chi connectivity index (χ2v) is 7.37. The number of carbonyl (C=O) groups is 1. The Labute approximate surface area is 198 Å². The fraction of sp³-hybridized carbons (Fsp3) is 0.619. The molecular formula is C21H32F3IN4O2. The molecule has 1 aliphatic carbocycles. The Morgan fingerprint density at radius 2 is 1.74 bits per heavy atom. The third-order valence-corrected chi connectivity index (χ3v) is 4.78. The molecule has 0 bridgehead atoms. The first-order valence-electron chi connectivity index (χ1n) is 10.4. The van der Waals surface area contributed by atoms with Gasteiger partial charge in [0.05, 0.1) is 6.54 Å². The van der Waals surface area contributed by atoms with E-state index in [4.69, 9.17) is 4.74 Å². The average Bonchev–Trinajstić information content (AvgIpc) is 3.21. The molecule has 6 nitrogen and oxygen atoms in total. The largest absolute Gasteiger partial charge is 0.484 e. The van der Waals surface area contributed by atoms with Crippen LogP contribution < -0.4 is 20.7 Å². The van der Waals surface area contributed by atoms with Crippen molar-refractivity contribution in [3.63, 3.8) is 0 Å². The number of ether oxygens (including phenoxy) is 1. The number of benzene rings is 1. The van der Waals surface area contributed by atoms with E-state index in [-0.39, 0.29) is 35.6 Å². The number of aliphatic imine (C=N–C) groups is 1. The van der Waals surface area contributed by atoms with E-state index in [0.29, 0.717) is 44.5 Å². The average molecular weight is 556 g/mol. The van der Waals surface area contributed by atoms with Crippen molar-refractivity contribution >= 4 is 35.8 Å². The van der Waals surface area contributed by atoms with Crippen molar-refractivity contribution in [2.24, 2.45) is 10.9 Å². The first-order valence-corrected chi connectivity index (χ1v) is 10.4. The minimum atomic E-state index is -4.36. The Balaban J connectivity index is 0.00000480. The lowest BCUT2D eigenvalue weighted by Crippen LogP contribution is -2.41. The smallest absolute Gasteiger partial charge is 0.422 e. The molecule has 1 aromatic rings. The van der Waals surface area contributed by atoms with E-state index >= 15 is 0 Å². The van der Waals surface area contributed by atoms with E-state index in [1.165, 1.54) is 25.0 Å². The summed E-state index contributed by atoms with van der Waals surface area (Å²) in [7, 11) is 0. The van der Waals surface area contributed by atoms with Gasteiger partial charge >= 0.3 is 6.18 Å². The van der Waals surface area contributed by atoms with Crippen molar-refractivity contribution in [1.29, 1.82) is 0 Å². The fourth-order valence-electron chi connectivity index (χ4n) is 3.30. The normalized spacial score (nSPS) is 14.6. The molecule has 1 aliphatic rings. The second kappa shape index (κ2) is 14.4. The molecule has 0 unspecified atom stereocenters. The van der Waals surface area contributed by atoms with Crippen LogP contribution in [0.25, 0.3) is 0 Å². The van der Waals surface area contributed by atoms with Crippen molar-refractivity contribution in [2.45, 2.75) is 51.7 Å². The number of nitrogens with one attached hydrogen (secondary N) is 3. The SMILES string of the molecule is CCNC(=NCc1ccc(OCC(F)(F)F)cc1)NCCNC(=O)CC1CCCC1.I. The summed E-state index contributed by atoms with van der Waals surface area (Å²) in [6, 6.07) is 6.36. The van der Waals surface area contributed by atoms with Gasteiger partial charge in [-0.2, -0.15) is 13.2 Å². The van der Waals surface area contributed by atoms with Crippen LogP contribution in [0, 0.1) is 5.92 Å². The number of halogens is 4. The summed E-state index contributed by atoms with van der Waals surface area (Å²) in [5.41, 5.74) is 0.844. The van der Waals surface area contributed by atoms with Gasteiger partial charge in [-0.05, 0) is 43.4 Å². The summed E-state index contributed by atoms with van der Waals surface area (Å²) >= 11 is 0. The van der Waals surface area contributed by atoms with Gasteiger partial charge in [0.1, 0.15) is 5.75 Å². The highest BCUT2D eigenvalue weighted by Crippen LogP contribution is 2.27. The Kier molecular flexibility index (Phi) is 12.7. The molecule has 1 amide bonds. The zero-order valence-electron chi connectivity index (χ0n) is 17.8. The lowest BCUT2D eigenvalue weighted by Gasteiger charge is -2.13. The van der Waals surface area contributed by atoms with Crippen molar-refractivity contribution in [3.05, 3.63) is 29.8 Å². The van der Waals surface area contributed by atoms with Crippen LogP contribution in [0.4, 0.5) is 13.2 Å². The van der Waals surface area contributed by atoms with Gasteiger partial charge in [0.15, 0.2) is 12.6 Å². The van der Waals surface area contributed by atoms with Crippen LogP contribution in [0.15, 0.2) is 29.3 Å². The minimum absolute atomic E-state index is 0. The molecule has 1 aromatic carbocycles. The van der Waals surface area contributed by atoms with Crippen molar-refractivity contribution < 1.29 is 22.7 Å². The summed E-state index contributed by atoms with van der Waals surface area (Å²) < 4.78 is 41.3. The van der Waals surface area contributed by atoms with Crippen LogP contribution in [0.3, 0.4) is 0 Å². The second-order valence-electron chi connectivity index (χ2n) is 7.37. The maximum atomic E-state index is 12.2. The van der Waals surface area contributed by atoms with E-state index < -0.39 is 12.8 Å². The molecule has 1 fully saturated rings. The van der Waals surface area contributed by atoms with Gasteiger partial charge < -0.3 is 20.7 Å². The molecule has 2 rings (SSSR count). The lowest BCUT2D eigenvalue weighted by atomic mass is 10.0. The van der Waals surface area contributed by atoms with E-state index in [9.17, 15) is 18.0 Å². The van der Waals surface area contributed by atoms with Gasteiger partial charge in [-0.25, -0.2) is 4.99 Å². The lowest BCUT2D eigenvalue weighted by molar-refractivity contribution is -0.153. The summed E-state index contributed by atoms with van der Waals surface area (Å²) in [6.45, 7) is 2.75. The molecule has 0 radical (unpaired) electrons. The first-order chi connectivity index (χ1) is 14.4. The number of rotatable bonds is 10. The molecule has 0 aliphatic heterocycles. The van der Waals surface area contributed by atoms with Crippen molar-refractivity contribution in [1.82, 2.24) is 16.0 Å². The molecule has 10 heteroatoms. The Hall–Kier alpha value is -1.72. The molecule has 31 heavy (non-hydrogen) atoms. The molecule has 1 saturated carbocycles. The Bertz CT molecular complexity index is 678. The monoisotopic (exact) mass is 556 g/mol. The quantitative estimate of drug-likeness (QED) is 0.176. The van der Waals surface area contributed by atoms with Crippen molar-refractivity contribution in [3.8, 4) is 5.75 Å². The van der Waals surface area contributed by atoms with Gasteiger partial charge in [0.25, 0.3) is 0 Å². The zero-order chi connectivity index (χ0) is 21.8. The summed E-state index contributed by atoms with van der Waals surface area (Å²) in [5.74, 6) is 1.40. The van der Waals surface area contributed by atoms with Gasteiger partial charge in [-0.15, -0.1) is 24.0 Å². The number of amides is 1. The Morgan fingerprint density at radius 3 is 2.35 bits per heavy atom. The van der Waals surface area contributed by atoms with Crippen LogP contribution >= 0.6 is 24.0 Å². The highest BCUT2D eigenvalue weighted by molar-refractivity contribution is 14.0. The molecule has 0 aromatic heterocycles. The molecule has 0 saturated heterocycles. The summed E-state index contributed by atoms with van der Waals surface area (Å²) in [5, 5.41) is 9.22. The molecule has 0 atom stereocenters. The van der Waals surface area contributed by atoms with Gasteiger partial charge in [0.2, 0.25) is 5.91 Å². The van der Waals surface area contributed by atoms with E-state index in [1.54, 1.807) is 12.1 Å². The number of hydrogen-bond acceptors (Lipinski definition) is 3. The highest BCUT2D eigenvalue weighted by Gasteiger charge is 2.28. The number of guanidine groups is 1. The number of nitrogens with zero attached hydrogens (tertiary/aromatic N) is 1. The number of carbonyl (C=O) groups excluding carboxylic acids is 1. The minimum Gasteiger partial charge on any atom is -0.484 e. The Morgan fingerprint density at radius 1 is 1.10 bits per heavy atom. The zero-order valence-corrected chi connectivity index (χ0v) is 20.1. The predicted molar refractivity (Wildman–Crippen MR) is 126 cm³/mol. The van der Waals surface area contributed by atoms with Crippen LogP contribution in [-0.4, -0.2) is 44.3 Å². The standard InChI is InChI=1S/C21H31F3N4O2.HI/c1-2-25-20(27-12-11-26-19(29)13-16-5-3-4-6-16)28-14-17-7-9-18(10-8-17)30-15-21(22,23)24;/h7-10,16H,2-6,11-15H2,1H3,(H,26,29)(H2,25,27,28);1H. The van der Waals surface area contributed by atoms with Gasteiger partial charge in [-0.1, -0.05) is 25.0 Å². The van der Waals surface area contributed by atoms with E-state index in [0.717, 1.165) is 18.4 Å². The van der Waals surface area contributed by atoms with Crippen molar-refractivity contribution in [2.75, 3.05) is 26.2 Å². The van der Waals surface area contributed by atoms with Crippen LogP contribution in [0.5, 0.6) is 5.75 Å². The maximum Gasteiger partial charge on any atom is 0.422 e. The van der Waals surface area contributed by atoms with Crippen LogP contribution in [0.1, 0.15) is 44.6 Å². The fourth-order valence-corrected chi connectivity index (χ4v) is 3.30. The highest BCUT2D eigenvalue weighted by atomic mass is 127. The maximum absolute atomic E-state index is 12.2. The molecule has 176 valence electrons. The molecule has 0 spiro atoms. The first kappa shape index (κ1) is 27.3. The van der Waals surface area contributed by atoms with E-state index in [2.05, 4.69) is 20.9 Å². The molecule has 3 N–H and O–H groups in total. The predicted octanol–water partition coefficient (Wildman–Crippen LogP) is 4.00. The van der Waals surface area contributed by atoms with Gasteiger partial charge in [-0.3, -0.25) is 4.79 Å². The molecular weight excluding hydrogens is 524 g/mol. The van der Waals surface area contributed by atoms with E-state index in [1.807, 2.05) is 6.92 Å². The number of alkyl halides is 3. The third-order valence-electron chi connectivity index (χ3n) is 4.78. The topological polar surface area (TPSA) is 74.8 Å². The van der Waals surface area contributed by atoms with Crippen LogP contribution in [0.2, 0.25) is 0 Å². The van der Waals surface area contributed by atoms with Gasteiger partial charge in [0, 0.05) is 26.1 Å². The number of hydrogen-bond donors (Lipinski definition) is 3. The molecule has 0 heterocycles.